The molecule has 0 amide bonds. The Kier molecular flexibility index (Phi) is 4.75. The van der Waals surface area contributed by atoms with E-state index in [1.807, 2.05) is 56.4 Å². The van der Waals surface area contributed by atoms with Crippen molar-refractivity contribution in [3.05, 3.63) is 65.2 Å². The van der Waals surface area contributed by atoms with Gasteiger partial charge in [-0.15, -0.1) is 0 Å². The lowest BCUT2D eigenvalue weighted by atomic mass is 9.91. The maximum absolute atomic E-state index is 11.6. The van der Waals surface area contributed by atoms with Crippen molar-refractivity contribution in [2.45, 2.75) is 25.9 Å². The molecule has 0 aliphatic carbocycles. The number of carbonyl (C=O) groups is 1. The summed E-state index contributed by atoms with van der Waals surface area (Å²) in [6.45, 7) is 1.58. The molecule has 0 aliphatic rings. The number of ketones is 1. The van der Waals surface area contributed by atoms with Gasteiger partial charge in [0.15, 0.2) is 5.78 Å². The highest BCUT2D eigenvalue weighted by Crippen LogP contribution is 2.20. The van der Waals surface area contributed by atoms with Gasteiger partial charge in [0.05, 0.1) is 6.10 Å². The van der Waals surface area contributed by atoms with Crippen LogP contribution in [0, 0.1) is 0 Å². The van der Waals surface area contributed by atoms with E-state index in [4.69, 9.17) is 0 Å². The van der Waals surface area contributed by atoms with Gasteiger partial charge in [0.25, 0.3) is 0 Å². The largest absolute Gasteiger partial charge is 0.388 e. The maximum atomic E-state index is 11.6. The van der Waals surface area contributed by atoms with Gasteiger partial charge >= 0.3 is 0 Å². The van der Waals surface area contributed by atoms with Crippen LogP contribution in [0.4, 0.5) is 0 Å². The summed E-state index contributed by atoms with van der Waals surface area (Å²) in [5, 5.41) is 10.3. The molecule has 0 spiro atoms. The van der Waals surface area contributed by atoms with E-state index in [1.54, 1.807) is 6.92 Å². The van der Waals surface area contributed by atoms with Crippen molar-refractivity contribution in [3.63, 3.8) is 0 Å². The van der Waals surface area contributed by atoms with Crippen LogP contribution in [-0.2, 0) is 6.42 Å². The first-order valence-electron chi connectivity index (χ1n) is 6.91. The quantitative estimate of drug-likeness (QED) is 0.662. The molecule has 0 aliphatic heterocycles. The van der Waals surface area contributed by atoms with Gasteiger partial charge in [-0.05, 0) is 30.9 Å². The Balaban J connectivity index is 2.07. The SMILES string of the molecule is Bc1cccc([C@@H](O)CCc2ccccc2C(C)=O)c1. The van der Waals surface area contributed by atoms with E-state index in [-0.39, 0.29) is 5.78 Å². The molecule has 102 valence electrons. The van der Waals surface area contributed by atoms with E-state index in [2.05, 4.69) is 0 Å². The number of aliphatic hydroxyl groups excluding tert-OH is 1. The van der Waals surface area contributed by atoms with Crippen LogP contribution in [0.2, 0.25) is 0 Å². The maximum Gasteiger partial charge on any atom is 0.160 e. The fourth-order valence-corrected chi connectivity index (χ4v) is 2.42. The molecule has 20 heavy (non-hydrogen) atoms. The van der Waals surface area contributed by atoms with Gasteiger partial charge in [-0.3, -0.25) is 4.79 Å². The lowest BCUT2D eigenvalue weighted by Crippen LogP contribution is -2.07. The normalized spacial score (nSPS) is 12.1. The predicted octanol–water partition coefficient (Wildman–Crippen LogP) is 1.81. The zero-order valence-corrected chi connectivity index (χ0v) is 12.0. The summed E-state index contributed by atoms with van der Waals surface area (Å²) in [4.78, 5) is 11.6. The molecule has 2 aromatic rings. The average molecular weight is 266 g/mol. The van der Waals surface area contributed by atoms with Crippen LogP contribution in [0.3, 0.4) is 0 Å². The van der Waals surface area contributed by atoms with Gasteiger partial charge in [0.2, 0.25) is 0 Å². The Labute approximate surface area is 120 Å². The number of hydrogen-bond acceptors (Lipinski definition) is 2. The van der Waals surface area contributed by atoms with Gasteiger partial charge in [-0.1, -0.05) is 54.0 Å². The summed E-state index contributed by atoms with van der Waals surface area (Å²) in [5.41, 5.74) is 3.84. The lowest BCUT2D eigenvalue weighted by molar-refractivity contribution is 0.101. The van der Waals surface area contributed by atoms with Gasteiger partial charge in [-0.2, -0.15) is 0 Å². The van der Waals surface area contributed by atoms with Crippen molar-refractivity contribution in [2.75, 3.05) is 0 Å². The lowest BCUT2D eigenvalue weighted by Gasteiger charge is -2.13. The van der Waals surface area contributed by atoms with Crippen LogP contribution in [0.15, 0.2) is 48.5 Å². The highest BCUT2D eigenvalue weighted by atomic mass is 16.3. The van der Waals surface area contributed by atoms with Gasteiger partial charge < -0.3 is 5.11 Å². The van der Waals surface area contributed by atoms with Crippen molar-refractivity contribution in [1.82, 2.24) is 0 Å². The molecule has 0 unspecified atom stereocenters. The van der Waals surface area contributed by atoms with Crippen LogP contribution in [0.5, 0.6) is 0 Å². The number of rotatable bonds is 5. The molecule has 3 heteroatoms. The van der Waals surface area contributed by atoms with E-state index < -0.39 is 6.10 Å². The Hall–Kier alpha value is -1.87. The molecule has 0 aromatic heterocycles. The molecule has 0 radical (unpaired) electrons. The van der Waals surface area contributed by atoms with Crippen LogP contribution in [0.1, 0.15) is 40.9 Å². The minimum atomic E-state index is -0.491. The smallest absolute Gasteiger partial charge is 0.160 e. The number of carbonyl (C=O) groups excluding carboxylic acids is 1. The van der Waals surface area contributed by atoms with Gasteiger partial charge in [0, 0.05) is 5.56 Å². The summed E-state index contributed by atoms with van der Waals surface area (Å²) in [7, 11) is 2.02. The Morgan fingerprint density at radius 2 is 1.95 bits per heavy atom. The highest BCUT2D eigenvalue weighted by Gasteiger charge is 2.11. The molecule has 0 saturated carbocycles. The second kappa shape index (κ2) is 6.53. The van der Waals surface area contributed by atoms with E-state index >= 15 is 0 Å². The summed E-state index contributed by atoms with van der Waals surface area (Å²) >= 11 is 0. The molecule has 0 bridgehead atoms. The Morgan fingerprint density at radius 3 is 2.65 bits per heavy atom. The fourth-order valence-electron chi connectivity index (χ4n) is 2.42. The number of Topliss-reactive ketones (excluding diaryl/α,β-unsaturated/α-hetero) is 1. The van der Waals surface area contributed by atoms with E-state index in [0.717, 1.165) is 22.2 Å². The van der Waals surface area contributed by atoms with Crippen LogP contribution in [-0.4, -0.2) is 18.7 Å². The number of benzene rings is 2. The van der Waals surface area contributed by atoms with Crippen molar-refractivity contribution >= 4 is 19.1 Å². The Morgan fingerprint density at radius 1 is 1.20 bits per heavy atom. The zero-order chi connectivity index (χ0) is 14.5. The molecule has 0 saturated heterocycles. The van der Waals surface area contributed by atoms with Crippen LogP contribution >= 0.6 is 0 Å². The van der Waals surface area contributed by atoms with E-state index in [0.29, 0.717) is 12.8 Å². The number of aliphatic hydroxyl groups is 1. The summed E-state index contributed by atoms with van der Waals surface area (Å²) in [6, 6.07) is 15.5. The topological polar surface area (TPSA) is 37.3 Å². The number of hydrogen-bond donors (Lipinski definition) is 1. The molecule has 1 N–H and O–H groups in total. The molecule has 2 aromatic carbocycles. The van der Waals surface area contributed by atoms with Crippen LogP contribution < -0.4 is 5.46 Å². The summed E-state index contributed by atoms with van der Waals surface area (Å²) < 4.78 is 0. The second-order valence-electron chi connectivity index (χ2n) is 5.18. The van der Waals surface area contributed by atoms with Crippen molar-refractivity contribution < 1.29 is 9.90 Å². The monoisotopic (exact) mass is 266 g/mol. The predicted molar refractivity (Wildman–Crippen MR) is 84.3 cm³/mol. The standard InChI is InChI=1S/C17H19BO2/c1-12(19)16-8-3-2-5-13(16)9-10-17(20)14-6-4-7-15(18)11-14/h2-8,11,17,20H,9-10,18H2,1H3/t17-/m0/s1. The summed E-state index contributed by atoms with van der Waals surface area (Å²) in [5.74, 6) is 0.0747. The van der Waals surface area contributed by atoms with Crippen molar-refractivity contribution in [2.24, 2.45) is 0 Å². The third-order valence-corrected chi connectivity index (χ3v) is 3.51. The third-order valence-electron chi connectivity index (χ3n) is 3.51. The molecular formula is C17H19BO2. The first kappa shape index (κ1) is 14.5. The Bertz CT molecular complexity index is 607. The molecule has 2 rings (SSSR count). The third kappa shape index (κ3) is 3.58. The first-order valence-corrected chi connectivity index (χ1v) is 6.91. The minimum Gasteiger partial charge on any atom is -0.388 e. The minimum absolute atomic E-state index is 0.0747. The van der Waals surface area contributed by atoms with Gasteiger partial charge in [-0.25, -0.2) is 0 Å². The highest BCUT2D eigenvalue weighted by molar-refractivity contribution is 6.32. The van der Waals surface area contributed by atoms with E-state index in [9.17, 15) is 9.90 Å². The second-order valence-corrected chi connectivity index (χ2v) is 5.18. The summed E-state index contributed by atoms with van der Waals surface area (Å²) in [6.07, 6.45) is 0.827. The molecule has 1 atom stereocenters. The molecule has 2 nitrogen and oxygen atoms in total. The average Bonchev–Trinajstić information content (AvgIpc) is 2.45. The van der Waals surface area contributed by atoms with Gasteiger partial charge in [0.1, 0.15) is 7.85 Å². The zero-order valence-electron chi connectivity index (χ0n) is 12.0. The number of aryl methyl sites for hydroxylation is 1. The molecule has 0 heterocycles. The van der Waals surface area contributed by atoms with Crippen molar-refractivity contribution in [1.29, 1.82) is 0 Å². The first-order chi connectivity index (χ1) is 9.58. The van der Waals surface area contributed by atoms with E-state index in [1.165, 1.54) is 0 Å². The van der Waals surface area contributed by atoms with Crippen LogP contribution in [0.25, 0.3) is 0 Å². The van der Waals surface area contributed by atoms with Crippen molar-refractivity contribution in [3.8, 4) is 0 Å². The molecular weight excluding hydrogens is 247 g/mol. The molecule has 0 fully saturated rings. The fraction of sp³-hybridized carbons (Fsp3) is 0.235.